The van der Waals surface area contributed by atoms with Gasteiger partial charge in [0.2, 0.25) is 5.83 Å². The summed E-state index contributed by atoms with van der Waals surface area (Å²) >= 11 is 0. The molecule has 1 N–H and O–H groups in total. The quantitative estimate of drug-likeness (QED) is 0.665. The molecular formula is C7H5FN2O2. The predicted octanol–water partition coefficient (Wildman–Crippen LogP) is 0.872. The Kier molecular flexibility index (Phi) is 2.47. The fraction of sp³-hybridized carbons (Fsp3) is 0. The first kappa shape index (κ1) is 8.32. The maximum Gasteiger partial charge on any atom is 0.364 e. The largest absolute Gasteiger partial charge is 0.476 e. The van der Waals surface area contributed by atoms with Gasteiger partial charge in [0.15, 0.2) is 0 Å². The van der Waals surface area contributed by atoms with Gasteiger partial charge in [0, 0.05) is 12.3 Å². The number of hydrogen-bond acceptors (Lipinski definition) is 3. The first-order valence-corrected chi connectivity index (χ1v) is 3.08. The predicted molar refractivity (Wildman–Crippen MR) is 38.8 cm³/mol. The molecule has 12 heavy (non-hydrogen) atoms. The van der Waals surface area contributed by atoms with Crippen molar-refractivity contribution in [3.05, 3.63) is 29.9 Å². The van der Waals surface area contributed by atoms with Gasteiger partial charge in [-0.15, -0.1) is 0 Å². The summed E-state index contributed by atoms with van der Waals surface area (Å²) in [5.41, 5.74) is 0.178. The molecule has 0 atom stereocenters. The van der Waals surface area contributed by atoms with Crippen molar-refractivity contribution >= 4 is 12.0 Å². The van der Waals surface area contributed by atoms with Gasteiger partial charge in [-0.3, -0.25) is 0 Å². The Bertz CT molecular complexity index is 310. The number of rotatable bonds is 2. The molecule has 0 radical (unpaired) electrons. The van der Waals surface area contributed by atoms with Gasteiger partial charge >= 0.3 is 5.97 Å². The Morgan fingerprint density at radius 1 is 1.67 bits per heavy atom. The van der Waals surface area contributed by atoms with E-state index in [1.165, 1.54) is 18.3 Å². The SMILES string of the molecule is O=C(O)/C(F)=C/c1cccnn1. The highest BCUT2D eigenvalue weighted by atomic mass is 19.1. The maximum atomic E-state index is 12.4. The zero-order valence-electron chi connectivity index (χ0n) is 5.94. The Balaban J connectivity index is 2.89. The van der Waals surface area contributed by atoms with Gasteiger partial charge in [-0.05, 0) is 12.1 Å². The van der Waals surface area contributed by atoms with E-state index in [2.05, 4.69) is 10.2 Å². The van der Waals surface area contributed by atoms with Gasteiger partial charge in [-0.2, -0.15) is 14.6 Å². The molecule has 0 saturated heterocycles. The van der Waals surface area contributed by atoms with Gasteiger partial charge in [-0.1, -0.05) is 0 Å². The van der Waals surface area contributed by atoms with Crippen molar-refractivity contribution in [3.8, 4) is 0 Å². The number of carboxylic acid groups (broad SMARTS) is 1. The summed E-state index contributed by atoms with van der Waals surface area (Å²) in [6.07, 6.45) is 2.21. The van der Waals surface area contributed by atoms with Gasteiger partial charge in [0.05, 0.1) is 5.69 Å². The third kappa shape index (κ3) is 2.12. The number of aliphatic carboxylic acids is 1. The smallest absolute Gasteiger partial charge is 0.364 e. The minimum Gasteiger partial charge on any atom is -0.476 e. The highest BCUT2D eigenvalue weighted by Crippen LogP contribution is 2.03. The van der Waals surface area contributed by atoms with Crippen molar-refractivity contribution in [2.24, 2.45) is 0 Å². The first-order valence-electron chi connectivity index (χ1n) is 3.08. The third-order valence-corrected chi connectivity index (χ3v) is 1.07. The topological polar surface area (TPSA) is 63.1 Å². The van der Waals surface area contributed by atoms with Crippen LogP contribution in [0.2, 0.25) is 0 Å². The molecule has 1 aromatic rings. The van der Waals surface area contributed by atoms with Crippen molar-refractivity contribution in [2.45, 2.75) is 0 Å². The van der Waals surface area contributed by atoms with Crippen molar-refractivity contribution in [3.63, 3.8) is 0 Å². The number of halogens is 1. The molecule has 0 aliphatic heterocycles. The molecule has 0 unspecified atom stereocenters. The standard InChI is InChI=1S/C7H5FN2O2/c8-6(7(11)12)4-5-2-1-3-9-10-5/h1-4H,(H,11,12)/b6-4-. The highest BCUT2D eigenvalue weighted by molar-refractivity contribution is 5.89. The van der Waals surface area contributed by atoms with E-state index in [1.54, 1.807) is 0 Å². The second-order valence-electron chi connectivity index (χ2n) is 1.95. The normalized spacial score (nSPS) is 11.2. The van der Waals surface area contributed by atoms with Crippen LogP contribution in [0.1, 0.15) is 5.69 Å². The lowest BCUT2D eigenvalue weighted by atomic mass is 10.3. The number of hydrogen-bond donors (Lipinski definition) is 1. The fourth-order valence-electron chi connectivity index (χ4n) is 0.582. The Labute approximate surface area is 67.4 Å². The van der Waals surface area contributed by atoms with Gasteiger partial charge in [-0.25, -0.2) is 4.79 Å². The Morgan fingerprint density at radius 3 is 2.92 bits per heavy atom. The molecule has 5 heteroatoms. The summed E-state index contributed by atoms with van der Waals surface area (Å²) in [4.78, 5) is 10.0. The van der Waals surface area contributed by atoms with Crippen LogP contribution in [0, 0.1) is 0 Å². The van der Waals surface area contributed by atoms with Crippen LogP contribution in [0.5, 0.6) is 0 Å². The summed E-state index contributed by atoms with van der Waals surface area (Å²) in [6, 6.07) is 2.99. The summed E-state index contributed by atoms with van der Waals surface area (Å²) in [7, 11) is 0. The molecule has 1 rings (SSSR count). The molecule has 4 nitrogen and oxygen atoms in total. The van der Waals surface area contributed by atoms with Crippen LogP contribution in [-0.2, 0) is 4.79 Å². The number of carbonyl (C=O) groups is 1. The lowest BCUT2D eigenvalue weighted by Gasteiger charge is -1.89. The van der Waals surface area contributed by atoms with Crippen LogP contribution in [0.4, 0.5) is 4.39 Å². The van der Waals surface area contributed by atoms with Crippen molar-refractivity contribution in [1.82, 2.24) is 10.2 Å². The third-order valence-electron chi connectivity index (χ3n) is 1.07. The van der Waals surface area contributed by atoms with Gasteiger partial charge < -0.3 is 5.11 Å². The lowest BCUT2D eigenvalue weighted by Crippen LogP contribution is -1.95. The van der Waals surface area contributed by atoms with E-state index in [0.717, 1.165) is 6.08 Å². The maximum absolute atomic E-state index is 12.4. The van der Waals surface area contributed by atoms with Crippen molar-refractivity contribution in [1.29, 1.82) is 0 Å². The van der Waals surface area contributed by atoms with E-state index in [1.807, 2.05) is 0 Å². The van der Waals surface area contributed by atoms with Crippen LogP contribution in [0.25, 0.3) is 6.08 Å². The van der Waals surface area contributed by atoms with E-state index in [0.29, 0.717) is 0 Å². The van der Waals surface area contributed by atoms with Crippen LogP contribution >= 0.6 is 0 Å². The number of aromatic nitrogens is 2. The second kappa shape index (κ2) is 3.56. The molecule has 0 aliphatic carbocycles. The molecule has 62 valence electrons. The van der Waals surface area contributed by atoms with Crippen LogP contribution in [0.3, 0.4) is 0 Å². The average Bonchev–Trinajstić information content (AvgIpc) is 2.06. The fourth-order valence-corrected chi connectivity index (χ4v) is 0.582. The average molecular weight is 168 g/mol. The van der Waals surface area contributed by atoms with Crippen molar-refractivity contribution < 1.29 is 14.3 Å². The molecule has 0 saturated carbocycles. The first-order chi connectivity index (χ1) is 5.70. The highest BCUT2D eigenvalue weighted by Gasteiger charge is 2.04. The van der Waals surface area contributed by atoms with Crippen LogP contribution in [0.15, 0.2) is 24.2 Å². The molecule has 0 amide bonds. The lowest BCUT2D eigenvalue weighted by molar-refractivity contribution is -0.134. The van der Waals surface area contributed by atoms with E-state index in [-0.39, 0.29) is 5.69 Å². The number of nitrogens with zero attached hydrogens (tertiary/aromatic N) is 2. The second-order valence-corrected chi connectivity index (χ2v) is 1.95. The molecular weight excluding hydrogens is 163 g/mol. The summed E-state index contributed by atoms with van der Waals surface area (Å²) in [6.45, 7) is 0. The van der Waals surface area contributed by atoms with E-state index in [4.69, 9.17) is 5.11 Å². The Morgan fingerprint density at radius 2 is 2.42 bits per heavy atom. The summed E-state index contributed by atoms with van der Waals surface area (Å²) < 4.78 is 12.4. The molecule has 0 spiro atoms. The minimum absolute atomic E-state index is 0.178. The molecule has 0 aliphatic rings. The molecule has 1 aromatic heterocycles. The summed E-state index contributed by atoms with van der Waals surface area (Å²) in [5.74, 6) is -2.86. The number of carboxylic acids is 1. The minimum atomic E-state index is -1.61. The van der Waals surface area contributed by atoms with Crippen LogP contribution in [-0.4, -0.2) is 21.3 Å². The molecule has 0 fully saturated rings. The monoisotopic (exact) mass is 168 g/mol. The van der Waals surface area contributed by atoms with Gasteiger partial charge in [0.25, 0.3) is 0 Å². The molecule has 0 bridgehead atoms. The molecule has 1 heterocycles. The van der Waals surface area contributed by atoms with E-state index >= 15 is 0 Å². The van der Waals surface area contributed by atoms with E-state index in [9.17, 15) is 9.18 Å². The van der Waals surface area contributed by atoms with Crippen LogP contribution < -0.4 is 0 Å². The summed E-state index contributed by atoms with van der Waals surface area (Å²) in [5, 5.41) is 15.1. The van der Waals surface area contributed by atoms with Crippen molar-refractivity contribution in [2.75, 3.05) is 0 Å². The van der Waals surface area contributed by atoms with E-state index < -0.39 is 11.8 Å². The molecule has 0 aromatic carbocycles. The van der Waals surface area contributed by atoms with Gasteiger partial charge in [0.1, 0.15) is 0 Å². The Hall–Kier alpha value is -1.78. The zero-order valence-corrected chi connectivity index (χ0v) is 5.94. The zero-order chi connectivity index (χ0) is 8.97.